The Kier molecular flexibility index (Phi) is 2.61. The SMILES string of the molecule is CC(C)(C)OC1CC2CCC(C1)C2N. The normalized spacial score (nSPS) is 42.9. The molecule has 2 saturated carbocycles. The molecule has 0 aromatic rings. The van der Waals surface area contributed by atoms with Gasteiger partial charge in [0.2, 0.25) is 0 Å². The fourth-order valence-electron chi connectivity index (χ4n) is 3.12. The first-order chi connectivity index (χ1) is 6.46. The van der Waals surface area contributed by atoms with Gasteiger partial charge in [0.25, 0.3) is 0 Å². The highest BCUT2D eigenvalue weighted by Crippen LogP contribution is 2.42. The molecule has 2 N–H and O–H groups in total. The summed E-state index contributed by atoms with van der Waals surface area (Å²) >= 11 is 0. The first kappa shape index (κ1) is 10.4. The van der Waals surface area contributed by atoms with Crippen LogP contribution in [-0.4, -0.2) is 17.7 Å². The molecule has 0 amide bonds. The van der Waals surface area contributed by atoms with Gasteiger partial charge in [-0.1, -0.05) is 0 Å². The van der Waals surface area contributed by atoms with Crippen LogP contribution < -0.4 is 5.73 Å². The molecule has 0 radical (unpaired) electrons. The van der Waals surface area contributed by atoms with E-state index in [2.05, 4.69) is 20.8 Å². The Morgan fingerprint density at radius 2 is 1.57 bits per heavy atom. The smallest absolute Gasteiger partial charge is 0.0602 e. The molecule has 0 aromatic carbocycles. The van der Waals surface area contributed by atoms with Gasteiger partial charge in [0.05, 0.1) is 11.7 Å². The van der Waals surface area contributed by atoms with Crippen LogP contribution in [0.1, 0.15) is 46.5 Å². The van der Waals surface area contributed by atoms with Crippen molar-refractivity contribution in [2.24, 2.45) is 17.6 Å². The molecule has 0 spiro atoms. The zero-order chi connectivity index (χ0) is 10.3. The quantitative estimate of drug-likeness (QED) is 0.700. The second kappa shape index (κ2) is 3.49. The van der Waals surface area contributed by atoms with Gasteiger partial charge in [0, 0.05) is 6.04 Å². The molecular weight excluding hydrogens is 174 g/mol. The Hall–Kier alpha value is -0.0800. The van der Waals surface area contributed by atoms with Gasteiger partial charge < -0.3 is 10.5 Å². The molecule has 2 bridgehead atoms. The lowest BCUT2D eigenvalue weighted by Gasteiger charge is -2.36. The topological polar surface area (TPSA) is 35.2 Å². The minimum absolute atomic E-state index is 0.00550. The largest absolute Gasteiger partial charge is 0.373 e. The van der Waals surface area contributed by atoms with E-state index in [1.165, 1.54) is 25.7 Å². The van der Waals surface area contributed by atoms with Crippen LogP contribution in [0.2, 0.25) is 0 Å². The molecule has 2 atom stereocenters. The predicted molar refractivity (Wildman–Crippen MR) is 58.0 cm³/mol. The van der Waals surface area contributed by atoms with E-state index >= 15 is 0 Å². The van der Waals surface area contributed by atoms with Gasteiger partial charge in [-0.15, -0.1) is 0 Å². The van der Waals surface area contributed by atoms with E-state index in [-0.39, 0.29) is 5.60 Å². The number of rotatable bonds is 1. The maximum atomic E-state index is 6.15. The van der Waals surface area contributed by atoms with Crippen molar-refractivity contribution in [2.75, 3.05) is 0 Å². The zero-order valence-electron chi connectivity index (χ0n) is 9.62. The van der Waals surface area contributed by atoms with Crippen molar-refractivity contribution in [3.8, 4) is 0 Å². The maximum Gasteiger partial charge on any atom is 0.0602 e. The zero-order valence-corrected chi connectivity index (χ0v) is 9.62. The Morgan fingerprint density at radius 1 is 1.07 bits per heavy atom. The van der Waals surface area contributed by atoms with E-state index in [4.69, 9.17) is 10.5 Å². The van der Waals surface area contributed by atoms with Gasteiger partial charge in [0.1, 0.15) is 0 Å². The Bertz CT molecular complexity index is 195. The molecule has 2 heteroatoms. The molecule has 0 saturated heterocycles. The summed E-state index contributed by atoms with van der Waals surface area (Å²) in [6, 6.07) is 0.467. The lowest BCUT2D eigenvalue weighted by molar-refractivity contribution is -0.0860. The fourth-order valence-corrected chi connectivity index (χ4v) is 3.12. The third kappa shape index (κ3) is 2.12. The van der Waals surface area contributed by atoms with Crippen molar-refractivity contribution >= 4 is 0 Å². The van der Waals surface area contributed by atoms with Crippen LogP contribution in [0.25, 0.3) is 0 Å². The number of hydrogen-bond donors (Lipinski definition) is 1. The van der Waals surface area contributed by atoms with Gasteiger partial charge in [-0.05, 0) is 58.3 Å². The van der Waals surface area contributed by atoms with E-state index in [1.807, 2.05) is 0 Å². The van der Waals surface area contributed by atoms with E-state index in [0.29, 0.717) is 12.1 Å². The molecule has 2 aliphatic carbocycles. The van der Waals surface area contributed by atoms with Crippen LogP contribution in [0.4, 0.5) is 0 Å². The first-order valence-corrected chi connectivity index (χ1v) is 5.89. The Labute approximate surface area is 87.2 Å². The predicted octanol–water partition coefficient (Wildman–Crippen LogP) is 2.32. The molecule has 2 fully saturated rings. The van der Waals surface area contributed by atoms with Crippen LogP contribution >= 0.6 is 0 Å². The van der Waals surface area contributed by atoms with Crippen LogP contribution in [-0.2, 0) is 4.74 Å². The minimum atomic E-state index is 0.00550. The standard InChI is InChI=1S/C12H23NO/c1-12(2,3)14-10-6-8-4-5-9(7-10)11(8)13/h8-11H,4-7,13H2,1-3H3. The van der Waals surface area contributed by atoms with Crippen molar-refractivity contribution < 1.29 is 4.74 Å². The highest BCUT2D eigenvalue weighted by molar-refractivity contribution is 4.95. The summed E-state index contributed by atoms with van der Waals surface area (Å²) in [5.41, 5.74) is 6.16. The summed E-state index contributed by atoms with van der Waals surface area (Å²) < 4.78 is 6.05. The van der Waals surface area contributed by atoms with Crippen molar-refractivity contribution in [1.82, 2.24) is 0 Å². The second-order valence-electron chi connectivity index (χ2n) is 6.00. The van der Waals surface area contributed by atoms with Gasteiger partial charge >= 0.3 is 0 Å². The summed E-state index contributed by atoms with van der Waals surface area (Å²) in [6.07, 6.45) is 5.50. The fraction of sp³-hybridized carbons (Fsp3) is 1.00. The first-order valence-electron chi connectivity index (χ1n) is 5.89. The van der Waals surface area contributed by atoms with E-state index in [9.17, 15) is 0 Å². The highest BCUT2D eigenvalue weighted by Gasteiger charge is 2.41. The Morgan fingerprint density at radius 3 is 2.00 bits per heavy atom. The minimum Gasteiger partial charge on any atom is -0.373 e. The van der Waals surface area contributed by atoms with Crippen LogP contribution in [0.15, 0.2) is 0 Å². The molecule has 2 unspecified atom stereocenters. The molecule has 2 rings (SSSR count). The monoisotopic (exact) mass is 197 g/mol. The third-order valence-corrected chi connectivity index (χ3v) is 3.65. The second-order valence-corrected chi connectivity index (χ2v) is 6.00. The van der Waals surface area contributed by atoms with Crippen molar-refractivity contribution in [3.63, 3.8) is 0 Å². The molecule has 0 aliphatic heterocycles. The van der Waals surface area contributed by atoms with Crippen molar-refractivity contribution in [2.45, 2.75) is 64.2 Å². The molecule has 2 nitrogen and oxygen atoms in total. The summed E-state index contributed by atoms with van der Waals surface area (Å²) in [5, 5.41) is 0. The lowest BCUT2D eigenvalue weighted by Crippen LogP contribution is -2.42. The van der Waals surface area contributed by atoms with E-state index < -0.39 is 0 Å². The van der Waals surface area contributed by atoms with Crippen molar-refractivity contribution in [1.29, 1.82) is 0 Å². The number of nitrogens with two attached hydrogens (primary N) is 1. The number of fused-ring (bicyclic) bond motifs is 2. The number of hydrogen-bond acceptors (Lipinski definition) is 2. The molecule has 82 valence electrons. The van der Waals surface area contributed by atoms with E-state index in [0.717, 1.165) is 11.8 Å². The summed E-state index contributed by atoms with van der Waals surface area (Å²) in [4.78, 5) is 0. The van der Waals surface area contributed by atoms with Crippen LogP contribution in [0.5, 0.6) is 0 Å². The number of ether oxygens (including phenoxy) is 1. The van der Waals surface area contributed by atoms with E-state index in [1.54, 1.807) is 0 Å². The molecular formula is C12H23NO. The van der Waals surface area contributed by atoms with Crippen LogP contribution in [0.3, 0.4) is 0 Å². The molecule has 0 aromatic heterocycles. The van der Waals surface area contributed by atoms with Gasteiger partial charge in [-0.3, -0.25) is 0 Å². The average Bonchev–Trinajstić information content (AvgIpc) is 2.32. The van der Waals surface area contributed by atoms with Gasteiger partial charge in [0.15, 0.2) is 0 Å². The molecule has 14 heavy (non-hydrogen) atoms. The average molecular weight is 197 g/mol. The summed E-state index contributed by atoms with van der Waals surface area (Å²) in [5.74, 6) is 1.47. The summed E-state index contributed by atoms with van der Waals surface area (Å²) in [6.45, 7) is 6.43. The lowest BCUT2D eigenvalue weighted by atomic mass is 9.82. The van der Waals surface area contributed by atoms with Crippen molar-refractivity contribution in [3.05, 3.63) is 0 Å². The Balaban J connectivity index is 1.93. The van der Waals surface area contributed by atoms with Crippen LogP contribution in [0, 0.1) is 11.8 Å². The van der Waals surface area contributed by atoms with Gasteiger partial charge in [-0.2, -0.15) is 0 Å². The highest BCUT2D eigenvalue weighted by atomic mass is 16.5. The molecule has 2 aliphatic rings. The van der Waals surface area contributed by atoms with Gasteiger partial charge in [-0.25, -0.2) is 0 Å². The maximum absolute atomic E-state index is 6.15. The molecule has 0 heterocycles. The third-order valence-electron chi connectivity index (χ3n) is 3.65. The summed E-state index contributed by atoms with van der Waals surface area (Å²) in [7, 11) is 0.